The molecule has 1 aromatic carbocycles. The standard InChI is InChI=1S/C13H17BCl2O2/c1-8-10(15)7-6-9(11(8)16)14-17-12(2,3)13(4,5)18-14/h6-7H,1-5H3. The van der Waals surface area contributed by atoms with E-state index in [2.05, 4.69) is 0 Å². The van der Waals surface area contributed by atoms with Gasteiger partial charge in [0.15, 0.2) is 0 Å². The summed E-state index contributed by atoms with van der Waals surface area (Å²) in [7, 11) is -0.446. The van der Waals surface area contributed by atoms with Crippen LogP contribution in [-0.4, -0.2) is 18.3 Å². The third-order valence-electron chi connectivity index (χ3n) is 3.86. The quantitative estimate of drug-likeness (QED) is 0.735. The summed E-state index contributed by atoms with van der Waals surface area (Å²) in [5.74, 6) is 0. The van der Waals surface area contributed by atoms with E-state index in [0.29, 0.717) is 10.0 Å². The highest BCUT2D eigenvalue weighted by molar-refractivity contribution is 6.66. The molecule has 5 heteroatoms. The first-order valence-corrected chi connectivity index (χ1v) is 6.71. The first kappa shape index (κ1) is 14.2. The van der Waals surface area contributed by atoms with E-state index >= 15 is 0 Å². The van der Waals surface area contributed by atoms with Gasteiger partial charge in [-0.15, -0.1) is 0 Å². The Hall–Kier alpha value is -0.215. The van der Waals surface area contributed by atoms with Crippen LogP contribution in [0.4, 0.5) is 0 Å². The lowest BCUT2D eigenvalue weighted by atomic mass is 9.78. The van der Waals surface area contributed by atoms with E-state index in [-0.39, 0.29) is 11.2 Å². The first-order valence-electron chi connectivity index (χ1n) is 5.96. The SMILES string of the molecule is Cc1c(Cl)ccc(B2OC(C)(C)C(C)(C)O2)c1Cl. The van der Waals surface area contributed by atoms with Gasteiger partial charge in [-0.1, -0.05) is 29.3 Å². The molecule has 1 saturated heterocycles. The van der Waals surface area contributed by atoms with Crippen LogP contribution >= 0.6 is 23.2 Å². The van der Waals surface area contributed by atoms with Crippen molar-refractivity contribution >= 4 is 35.8 Å². The van der Waals surface area contributed by atoms with Crippen LogP contribution in [0.25, 0.3) is 0 Å². The minimum Gasteiger partial charge on any atom is -0.399 e. The first-order chi connectivity index (χ1) is 8.16. The van der Waals surface area contributed by atoms with Gasteiger partial charge in [-0.2, -0.15) is 0 Å². The van der Waals surface area contributed by atoms with Crippen molar-refractivity contribution in [2.45, 2.75) is 45.8 Å². The van der Waals surface area contributed by atoms with Gasteiger partial charge in [-0.05, 0) is 46.2 Å². The van der Waals surface area contributed by atoms with Crippen LogP contribution in [0.3, 0.4) is 0 Å². The molecule has 0 amide bonds. The lowest BCUT2D eigenvalue weighted by Crippen LogP contribution is -2.41. The minimum absolute atomic E-state index is 0.367. The fourth-order valence-electron chi connectivity index (χ4n) is 1.83. The van der Waals surface area contributed by atoms with Gasteiger partial charge in [-0.25, -0.2) is 0 Å². The van der Waals surface area contributed by atoms with Crippen molar-refractivity contribution in [1.82, 2.24) is 0 Å². The van der Waals surface area contributed by atoms with Gasteiger partial charge in [0.05, 0.1) is 11.2 Å². The monoisotopic (exact) mass is 286 g/mol. The van der Waals surface area contributed by atoms with Gasteiger partial charge >= 0.3 is 7.12 Å². The Morgan fingerprint density at radius 3 is 2.00 bits per heavy atom. The summed E-state index contributed by atoms with van der Waals surface area (Å²) < 4.78 is 12.0. The molecular weight excluding hydrogens is 270 g/mol. The van der Waals surface area contributed by atoms with Gasteiger partial charge in [0.1, 0.15) is 0 Å². The van der Waals surface area contributed by atoms with Crippen LogP contribution in [0.5, 0.6) is 0 Å². The highest BCUT2D eigenvalue weighted by Gasteiger charge is 2.52. The predicted molar refractivity (Wildman–Crippen MR) is 76.9 cm³/mol. The Kier molecular flexibility index (Phi) is 3.48. The lowest BCUT2D eigenvalue weighted by Gasteiger charge is -2.32. The molecule has 0 aromatic heterocycles. The zero-order valence-corrected chi connectivity index (χ0v) is 12.8. The Labute approximate surface area is 119 Å². The highest BCUT2D eigenvalue weighted by atomic mass is 35.5. The number of benzene rings is 1. The summed E-state index contributed by atoms with van der Waals surface area (Å²) in [4.78, 5) is 0. The van der Waals surface area contributed by atoms with Crippen molar-refractivity contribution < 1.29 is 9.31 Å². The number of hydrogen-bond acceptors (Lipinski definition) is 2. The molecule has 98 valence electrons. The molecule has 2 rings (SSSR count). The Morgan fingerprint density at radius 1 is 1.00 bits per heavy atom. The van der Waals surface area contributed by atoms with Crippen molar-refractivity contribution in [3.05, 3.63) is 27.7 Å². The van der Waals surface area contributed by atoms with Gasteiger partial charge in [-0.3, -0.25) is 0 Å². The van der Waals surface area contributed by atoms with Crippen LogP contribution in [-0.2, 0) is 9.31 Å². The van der Waals surface area contributed by atoms with E-state index in [1.54, 1.807) is 0 Å². The maximum absolute atomic E-state index is 6.32. The molecule has 0 atom stereocenters. The molecule has 0 N–H and O–H groups in total. The molecule has 18 heavy (non-hydrogen) atoms. The average Bonchev–Trinajstić information content (AvgIpc) is 2.45. The average molecular weight is 287 g/mol. The molecule has 0 radical (unpaired) electrons. The van der Waals surface area contributed by atoms with E-state index in [9.17, 15) is 0 Å². The van der Waals surface area contributed by atoms with Gasteiger partial charge in [0.2, 0.25) is 0 Å². The summed E-state index contributed by atoms with van der Waals surface area (Å²) in [5.41, 5.74) is 0.950. The Morgan fingerprint density at radius 2 is 1.50 bits per heavy atom. The largest absolute Gasteiger partial charge is 0.496 e. The third-order valence-corrected chi connectivity index (χ3v) is 4.77. The Balaban J connectivity index is 2.39. The second kappa shape index (κ2) is 4.41. The zero-order chi connectivity index (χ0) is 13.7. The molecule has 1 aromatic rings. The van der Waals surface area contributed by atoms with E-state index < -0.39 is 7.12 Å². The van der Waals surface area contributed by atoms with Crippen molar-refractivity contribution in [2.24, 2.45) is 0 Å². The molecule has 0 spiro atoms. The summed E-state index contributed by atoms with van der Waals surface area (Å²) >= 11 is 12.4. The predicted octanol–water partition coefficient (Wildman–Crippen LogP) is 3.60. The lowest BCUT2D eigenvalue weighted by molar-refractivity contribution is 0.00578. The van der Waals surface area contributed by atoms with Crippen molar-refractivity contribution in [3.63, 3.8) is 0 Å². The van der Waals surface area contributed by atoms with Gasteiger partial charge < -0.3 is 9.31 Å². The molecule has 1 aliphatic heterocycles. The second-order valence-corrected chi connectivity index (χ2v) is 6.45. The van der Waals surface area contributed by atoms with E-state index in [1.165, 1.54) is 0 Å². The molecule has 0 bridgehead atoms. The van der Waals surface area contributed by atoms with E-state index in [1.807, 2.05) is 46.8 Å². The summed E-state index contributed by atoms with van der Waals surface area (Å²) in [6, 6.07) is 3.68. The molecule has 1 aliphatic rings. The summed E-state index contributed by atoms with van der Waals surface area (Å²) in [6.45, 7) is 9.96. The van der Waals surface area contributed by atoms with Crippen LogP contribution in [0.2, 0.25) is 10.0 Å². The van der Waals surface area contributed by atoms with Crippen molar-refractivity contribution in [2.75, 3.05) is 0 Å². The topological polar surface area (TPSA) is 18.5 Å². The zero-order valence-electron chi connectivity index (χ0n) is 11.3. The minimum atomic E-state index is -0.446. The molecule has 0 unspecified atom stereocenters. The maximum atomic E-state index is 6.32. The van der Waals surface area contributed by atoms with Gasteiger partial charge in [0, 0.05) is 15.5 Å². The number of hydrogen-bond donors (Lipinski definition) is 0. The summed E-state index contributed by atoms with van der Waals surface area (Å²) in [5, 5.41) is 1.27. The molecule has 2 nitrogen and oxygen atoms in total. The molecule has 1 heterocycles. The van der Waals surface area contributed by atoms with Crippen LogP contribution in [0.15, 0.2) is 12.1 Å². The third kappa shape index (κ3) is 2.18. The molecular formula is C13H17BCl2O2. The van der Waals surface area contributed by atoms with Crippen LogP contribution in [0.1, 0.15) is 33.3 Å². The Bertz CT molecular complexity index is 470. The number of halogens is 2. The smallest absolute Gasteiger partial charge is 0.399 e. The van der Waals surface area contributed by atoms with E-state index in [0.717, 1.165) is 11.0 Å². The molecule has 0 aliphatic carbocycles. The van der Waals surface area contributed by atoms with Crippen LogP contribution < -0.4 is 5.46 Å². The van der Waals surface area contributed by atoms with Crippen LogP contribution in [0, 0.1) is 6.92 Å². The van der Waals surface area contributed by atoms with E-state index in [4.69, 9.17) is 32.5 Å². The maximum Gasteiger partial charge on any atom is 0.496 e. The highest BCUT2D eigenvalue weighted by Crippen LogP contribution is 2.37. The molecule has 1 fully saturated rings. The van der Waals surface area contributed by atoms with Crippen molar-refractivity contribution in [3.8, 4) is 0 Å². The van der Waals surface area contributed by atoms with Crippen molar-refractivity contribution in [1.29, 1.82) is 0 Å². The molecule has 0 saturated carbocycles. The normalized spacial score (nSPS) is 21.4. The fourth-order valence-corrected chi connectivity index (χ4v) is 2.29. The fraction of sp³-hybridized carbons (Fsp3) is 0.538. The summed E-state index contributed by atoms with van der Waals surface area (Å²) in [6.07, 6.45) is 0. The van der Waals surface area contributed by atoms with Gasteiger partial charge in [0.25, 0.3) is 0 Å². The second-order valence-electron chi connectivity index (χ2n) is 5.66. The number of rotatable bonds is 1.